The second-order valence-electron chi connectivity index (χ2n) is 5.93. The maximum atomic E-state index is 11.5. The summed E-state index contributed by atoms with van der Waals surface area (Å²) in [5, 5.41) is 10.2. The van der Waals surface area contributed by atoms with Gasteiger partial charge >= 0.3 is 5.97 Å². The van der Waals surface area contributed by atoms with Gasteiger partial charge in [-0.15, -0.1) is 0 Å². The summed E-state index contributed by atoms with van der Waals surface area (Å²) in [6, 6.07) is 5.52. The number of aromatic nitrogens is 1. The summed E-state index contributed by atoms with van der Waals surface area (Å²) < 4.78 is 10.6. The number of hydrogen-bond acceptors (Lipinski definition) is 6. The van der Waals surface area contributed by atoms with E-state index in [-0.39, 0.29) is 6.42 Å². The van der Waals surface area contributed by atoms with E-state index in [4.69, 9.17) is 14.6 Å². The molecule has 1 amide bonds. The van der Waals surface area contributed by atoms with Gasteiger partial charge in [0.25, 0.3) is 0 Å². The second kappa shape index (κ2) is 10.5. The maximum Gasteiger partial charge on any atom is 0.303 e. The third-order valence-electron chi connectivity index (χ3n) is 4.08. The van der Waals surface area contributed by atoms with Gasteiger partial charge in [0.15, 0.2) is 0 Å². The zero-order valence-electron chi connectivity index (χ0n) is 15.5. The van der Waals surface area contributed by atoms with Gasteiger partial charge in [-0.2, -0.15) is 0 Å². The van der Waals surface area contributed by atoms with Gasteiger partial charge < -0.3 is 19.5 Å². The Bertz CT molecular complexity index is 762. The first-order valence-electron chi connectivity index (χ1n) is 8.71. The van der Waals surface area contributed by atoms with Crippen LogP contribution < -0.4 is 14.4 Å². The van der Waals surface area contributed by atoms with Crippen LogP contribution >= 0.6 is 11.3 Å². The molecule has 0 saturated carbocycles. The molecule has 1 aromatic carbocycles. The van der Waals surface area contributed by atoms with Crippen molar-refractivity contribution in [1.82, 2.24) is 4.98 Å². The van der Waals surface area contributed by atoms with Crippen molar-refractivity contribution in [2.24, 2.45) is 0 Å². The molecule has 0 aliphatic rings. The number of methoxy groups -OCH3 is 2. The van der Waals surface area contributed by atoms with E-state index in [9.17, 15) is 9.59 Å². The van der Waals surface area contributed by atoms with Crippen LogP contribution in [0.25, 0.3) is 10.6 Å². The number of thiazole rings is 1. The Balaban J connectivity index is 1.98. The third-order valence-corrected chi connectivity index (χ3v) is 5.15. The minimum Gasteiger partial charge on any atom is -0.497 e. The first-order valence-corrected chi connectivity index (χ1v) is 9.52. The fraction of sp³-hybridized carbons (Fsp3) is 0.421. The van der Waals surface area contributed by atoms with E-state index in [1.54, 1.807) is 31.4 Å². The number of nitrogens with zero attached hydrogens (tertiary/aromatic N) is 2. The molecule has 146 valence electrons. The number of rotatable bonds is 12. The van der Waals surface area contributed by atoms with Gasteiger partial charge in [-0.05, 0) is 25.0 Å². The molecule has 7 nitrogen and oxygen atoms in total. The summed E-state index contributed by atoms with van der Waals surface area (Å²) in [4.78, 5) is 28.0. The molecule has 2 aromatic rings. The molecule has 0 fully saturated rings. The highest BCUT2D eigenvalue weighted by Crippen LogP contribution is 2.37. The zero-order valence-corrected chi connectivity index (χ0v) is 16.3. The van der Waals surface area contributed by atoms with Gasteiger partial charge in [0.2, 0.25) is 6.41 Å². The van der Waals surface area contributed by atoms with E-state index in [1.165, 1.54) is 11.3 Å². The average Bonchev–Trinajstić information content (AvgIpc) is 3.16. The molecule has 1 heterocycles. The van der Waals surface area contributed by atoms with Crippen LogP contribution in [0, 0.1) is 0 Å². The lowest BCUT2D eigenvalue weighted by Crippen LogP contribution is -2.21. The summed E-state index contributed by atoms with van der Waals surface area (Å²) in [6.07, 6.45) is 5.89. The maximum absolute atomic E-state index is 11.5. The Kier molecular flexibility index (Phi) is 8.06. The zero-order chi connectivity index (χ0) is 19.6. The number of carbonyl (C=O) groups excluding carboxylic acids is 1. The van der Waals surface area contributed by atoms with Crippen LogP contribution in [0.15, 0.2) is 24.4 Å². The summed E-state index contributed by atoms with van der Waals surface area (Å²) in [5.74, 6) is 0.590. The molecule has 8 heteroatoms. The largest absolute Gasteiger partial charge is 0.497 e. The normalized spacial score (nSPS) is 10.4. The lowest BCUT2D eigenvalue weighted by atomic mass is 10.1. The van der Waals surface area contributed by atoms with E-state index < -0.39 is 5.97 Å². The highest BCUT2D eigenvalue weighted by Gasteiger charge is 2.14. The number of ether oxygens (including phenoxy) is 2. The molecule has 0 spiro atoms. The van der Waals surface area contributed by atoms with E-state index in [0.717, 1.165) is 41.2 Å². The van der Waals surface area contributed by atoms with E-state index >= 15 is 0 Å². The first-order chi connectivity index (χ1) is 13.1. The highest BCUT2D eigenvalue weighted by atomic mass is 32.1. The van der Waals surface area contributed by atoms with Crippen LogP contribution in [0.3, 0.4) is 0 Å². The van der Waals surface area contributed by atoms with Gasteiger partial charge in [-0.3, -0.25) is 9.59 Å². The van der Waals surface area contributed by atoms with Crippen LogP contribution in [-0.2, 0) is 9.59 Å². The van der Waals surface area contributed by atoms with Crippen LogP contribution in [0.4, 0.5) is 5.00 Å². The van der Waals surface area contributed by atoms with Gasteiger partial charge in [-0.25, -0.2) is 4.98 Å². The molecule has 0 aliphatic carbocycles. The standard InChI is InChI=1S/C19H24N2O5S/c1-25-14-8-9-15(16(11-14)26-2)19-20-12-17(27-19)21(13-22)10-6-4-3-5-7-18(23)24/h8-9,11-13H,3-7,10H2,1-2H3,(H,23,24). The minimum absolute atomic E-state index is 0.194. The third kappa shape index (κ3) is 5.96. The minimum atomic E-state index is -0.768. The van der Waals surface area contributed by atoms with Gasteiger partial charge in [0, 0.05) is 19.0 Å². The lowest BCUT2D eigenvalue weighted by molar-refractivity contribution is -0.137. The summed E-state index contributed by atoms with van der Waals surface area (Å²) in [7, 11) is 3.19. The fourth-order valence-electron chi connectivity index (χ4n) is 2.62. The molecule has 0 bridgehead atoms. The Morgan fingerprint density at radius 2 is 2.00 bits per heavy atom. The van der Waals surface area contributed by atoms with Crippen LogP contribution in [0.1, 0.15) is 32.1 Å². The number of hydrogen-bond donors (Lipinski definition) is 1. The van der Waals surface area contributed by atoms with Crippen molar-refractivity contribution in [2.45, 2.75) is 32.1 Å². The predicted octanol–water partition coefficient (Wildman–Crippen LogP) is 3.83. The van der Waals surface area contributed by atoms with Crippen LogP contribution in [0.2, 0.25) is 0 Å². The van der Waals surface area contributed by atoms with Gasteiger partial charge in [0.05, 0.1) is 26.0 Å². The Labute approximate surface area is 162 Å². The molecular formula is C19H24N2O5S. The van der Waals surface area contributed by atoms with Crippen molar-refractivity contribution in [3.05, 3.63) is 24.4 Å². The number of aliphatic carboxylic acids is 1. The number of carbonyl (C=O) groups is 2. The summed E-state index contributed by atoms with van der Waals surface area (Å²) in [5.41, 5.74) is 0.842. The topological polar surface area (TPSA) is 89.0 Å². The molecule has 0 saturated heterocycles. The number of carboxylic acid groups (broad SMARTS) is 1. The lowest BCUT2D eigenvalue weighted by Gasteiger charge is -2.14. The Morgan fingerprint density at radius 3 is 2.67 bits per heavy atom. The summed E-state index contributed by atoms with van der Waals surface area (Å²) in [6.45, 7) is 0.581. The van der Waals surface area contributed by atoms with Crippen molar-refractivity contribution in [3.63, 3.8) is 0 Å². The number of carboxylic acids is 1. The predicted molar refractivity (Wildman–Crippen MR) is 105 cm³/mol. The van der Waals surface area contributed by atoms with Crippen molar-refractivity contribution >= 4 is 28.7 Å². The van der Waals surface area contributed by atoms with E-state index in [1.807, 2.05) is 12.1 Å². The molecule has 0 unspecified atom stereocenters. The fourth-order valence-corrected chi connectivity index (χ4v) is 3.56. The SMILES string of the molecule is COc1ccc(-c2ncc(N(C=O)CCCCCCC(=O)O)s2)c(OC)c1. The smallest absolute Gasteiger partial charge is 0.303 e. The first kappa shape index (κ1) is 20.7. The van der Waals surface area contributed by atoms with Crippen LogP contribution in [-0.4, -0.2) is 43.2 Å². The number of anilines is 1. The summed E-state index contributed by atoms with van der Waals surface area (Å²) >= 11 is 1.42. The molecule has 27 heavy (non-hydrogen) atoms. The number of benzene rings is 1. The van der Waals surface area contributed by atoms with Gasteiger partial charge in [0.1, 0.15) is 21.5 Å². The van der Waals surface area contributed by atoms with E-state index in [2.05, 4.69) is 4.98 Å². The highest BCUT2D eigenvalue weighted by molar-refractivity contribution is 7.19. The van der Waals surface area contributed by atoms with Crippen molar-refractivity contribution < 1.29 is 24.2 Å². The number of unbranched alkanes of at least 4 members (excludes halogenated alkanes) is 3. The van der Waals surface area contributed by atoms with Crippen molar-refractivity contribution in [3.8, 4) is 22.1 Å². The molecule has 1 aromatic heterocycles. The van der Waals surface area contributed by atoms with Crippen molar-refractivity contribution in [2.75, 3.05) is 25.7 Å². The molecular weight excluding hydrogens is 368 g/mol. The second-order valence-corrected chi connectivity index (χ2v) is 6.94. The molecule has 0 atom stereocenters. The monoisotopic (exact) mass is 392 g/mol. The quantitative estimate of drug-likeness (QED) is 0.436. The molecule has 2 rings (SSSR count). The molecule has 1 N–H and O–H groups in total. The van der Waals surface area contributed by atoms with Crippen molar-refractivity contribution in [1.29, 1.82) is 0 Å². The Hall–Kier alpha value is -2.61. The number of amides is 1. The van der Waals surface area contributed by atoms with Gasteiger partial charge in [-0.1, -0.05) is 24.2 Å². The van der Waals surface area contributed by atoms with Crippen LogP contribution in [0.5, 0.6) is 11.5 Å². The average molecular weight is 392 g/mol. The molecule has 0 aliphatic heterocycles. The Morgan fingerprint density at radius 1 is 1.22 bits per heavy atom. The van der Waals surface area contributed by atoms with E-state index in [0.29, 0.717) is 24.5 Å². The molecule has 0 radical (unpaired) electrons.